The van der Waals surface area contributed by atoms with Crippen molar-refractivity contribution < 1.29 is 4.74 Å². The molecule has 1 saturated carbocycles. The van der Waals surface area contributed by atoms with Gasteiger partial charge in [0.1, 0.15) is 0 Å². The smallest absolute Gasteiger partial charge is 0.193 e. The predicted octanol–water partition coefficient (Wildman–Crippen LogP) is 3.11. The van der Waals surface area contributed by atoms with Crippen LogP contribution >= 0.6 is 0 Å². The van der Waals surface area contributed by atoms with Crippen LogP contribution in [0, 0.1) is 0 Å². The number of rotatable bonds is 6. The Morgan fingerprint density at radius 2 is 1.90 bits per heavy atom. The molecule has 0 radical (unpaired) electrons. The number of aliphatic imine (C=N–C) groups is 1. The van der Waals surface area contributed by atoms with Crippen molar-refractivity contribution in [1.29, 1.82) is 0 Å². The summed E-state index contributed by atoms with van der Waals surface area (Å²) in [6, 6.07) is 6.37. The third kappa shape index (κ3) is 3.56. The lowest BCUT2D eigenvalue weighted by atomic mass is 9.80. The number of guanidine groups is 1. The molecule has 1 aromatic carbocycles. The molecule has 0 amide bonds. The monoisotopic (exact) mass is 289 g/mol. The van der Waals surface area contributed by atoms with E-state index >= 15 is 0 Å². The summed E-state index contributed by atoms with van der Waals surface area (Å²) in [5, 5.41) is 3.30. The largest absolute Gasteiger partial charge is 0.376 e. The Kier molecular flexibility index (Phi) is 5.23. The predicted molar refractivity (Wildman–Crippen MR) is 88.9 cm³/mol. The van der Waals surface area contributed by atoms with E-state index in [0.29, 0.717) is 12.5 Å². The maximum atomic E-state index is 6.08. The topological polar surface area (TPSA) is 59.6 Å². The van der Waals surface area contributed by atoms with Crippen LogP contribution in [0.5, 0.6) is 0 Å². The minimum Gasteiger partial charge on any atom is -0.376 e. The van der Waals surface area contributed by atoms with Gasteiger partial charge in [0.05, 0.1) is 12.1 Å². The first-order chi connectivity index (χ1) is 10.1. The molecule has 1 aliphatic rings. The van der Waals surface area contributed by atoms with Gasteiger partial charge in [-0.1, -0.05) is 32.0 Å². The zero-order valence-corrected chi connectivity index (χ0v) is 13.4. The zero-order valence-electron chi connectivity index (χ0n) is 13.4. The normalized spacial score (nSPS) is 17.4. The highest BCUT2D eigenvalue weighted by atomic mass is 16.5. The first kappa shape index (κ1) is 15.8. The van der Waals surface area contributed by atoms with E-state index in [0.717, 1.165) is 31.4 Å². The number of methoxy groups -OCH3 is 1. The van der Waals surface area contributed by atoms with Crippen LogP contribution in [0.15, 0.2) is 23.2 Å². The molecule has 0 saturated heterocycles. The van der Waals surface area contributed by atoms with E-state index in [1.54, 1.807) is 7.11 Å². The summed E-state index contributed by atoms with van der Waals surface area (Å²) in [5.74, 6) is 0.480. The number of anilines is 1. The lowest BCUT2D eigenvalue weighted by Gasteiger charge is -2.39. The first-order valence-electron chi connectivity index (χ1n) is 7.87. The van der Waals surface area contributed by atoms with Gasteiger partial charge in [-0.15, -0.1) is 0 Å². The van der Waals surface area contributed by atoms with Crippen LogP contribution in [0.1, 0.15) is 44.2 Å². The molecule has 4 heteroatoms. The Hall–Kier alpha value is -1.55. The van der Waals surface area contributed by atoms with Gasteiger partial charge < -0.3 is 15.8 Å². The summed E-state index contributed by atoms with van der Waals surface area (Å²) in [4.78, 5) is 4.49. The van der Waals surface area contributed by atoms with Gasteiger partial charge in [0, 0.05) is 12.8 Å². The van der Waals surface area contributed by atoms with Gasteiger partial charge >= 0.3 is 0 Å². The van der Waals surface area contributed by atoms with Crippen LogP contribution in [0.2, 0.25) is 0 Å². The van der Waals surface area contributed by atoms with Gasteiger partial charge in [0.2, 0.25) is 0 Å². The molecular weight excluding hydrogens is 262 g/mol. The van der Waals surface area contributed by atoms with Crippen molar-refractivity contribution in [2.24, 2.45) is 10.7 Å². The van der Waals surface area contributed by atoms with E-state index in [1.807, 2.05) is 0 Å². The SMILES string of the molecule is CCc1cccc(CC)c1NC(N)=NCC1(OC)CCC1. The van der Waals surface area contributed by atoms with Crippen molar-refractivity contribution in [2.45, 2.75) is 51.6 Å². The molecule has 116 valence electrons. The molecule has 1 aromatic rings. The third-order valence-corrected chi connectivity index (χ3v) is 4.49. The first-order valence-corrected chi connectivity index (χ1v) is 7.87. The van der Waals surface area contributed by atoms with E-state index < -0.39 is 0 Å². The van der Waals surface area contributed by atoms with Crippen molar-refractivity contribution in [3.8, 4) is 0 Å². The minimum atomic E-state index is -0.0792. The zero-order chi connectivity index (χ0) is 15.3. The fraction of sp³-hybridized carbons (Fsp3) is 0.588. The molecule has 0 spiro atoms. The molecular formula is C17H27N3O. The number of nitrogens with one attached hydrogen (secondary N) is 1. The summed E-state index contributed by atoms with van der Waals surface area (Å²) in [6.07, 6.45) is 5.32. The average molecular weight is 289 g/mol. The van der Waals surface area contributed by atoms with E-state index in [2.05, 4.69) is 42.4 Å². The fourth-order valence-electron chi connectivity index (χ4n) is 2.80. The van der Waals surface area contributed by atoms with Gasteiger partial charge in [0.15, 0.2) is 5.96 Å². The van der Waals surface area contributed by atoms with Crippen molar-refractivity contribution in [3.63, 3.8) is 0 Å². The minimum absolute atomic E-state index is 0.0792. The van der Waals surface area contributed by atoms with E-state index in [1.165, 1.54) is 17.5 Å². The summed E-state index contributed by atoms with van der Waals surface area (Å²) in [7, 11) is 1.76. The van der Waals surface area contributed by atoms with Crippen LogP contribution in [-0.2, 0) is 17.6 Å². The number of nitrogens with two attached hydrogens (primary N) is 1. The second-order valence-electron chi connectivity index (χ2n) is 5.73. The molecule has 0 atom stereocenters. The van der Waals surface area contributed by atoms with Crippen LogP contribution in [0.4, 0.5) is 5.69 Å². The van der Waals surface area contributed by atoms with Crippen LogP contribution in [-0.4, -0.2) is 25.2 Å². The Balaban J connectivity index is 2.10. The Morgan fingerprint density at radius 1 is 1.29 bits per heavy atom. The van der Waals surface area contributed by atoms with Gasteiger partial charge in [-0.3, -0.25) is 4.99 Å². The highest BCUT2D eigenvalue weighted by Gasteiger charge is 2.36. The molecule has 0 aliphatic heterocycles. The van der Waals surface area contributed by atoms with E-state index in [9.17, 15) is 0 Å². The summed E-state index contributed by atoms with van der Waals surface area (Å²) < 4.78 is 5.57. The van der Waals surface area contributed by atoms with Gasteiger partial charge in [-0.2, -0.15) is 0 Å². The van der Waals surface area contributed by atoms with Crippen LogP contribution in [0.3, 0.4) is 0 Å². The standard InChI is InChI=1S/C17H27N3O/c1-4-13-8-6-9-14(5-2)15(13)20-16(18)19-12-17(21-3)10-7-11-17/h6,8-9H,4-5,7,10-12H2,1-3H3,(H3,18,19,20). The number of benzene rings is 1. The van der Waals surface area contributed by atoms with Gasteiger partial charge in [-0.25, -0.2) is 0 Å². The van der Waals surface area contributed by atoms with Crippen molar-refractivity contribution in [2.75, 3.05) is 19.0 Å². The molecule has 1 fully saturated rings. The van der Waals surface area contributed by atoms with Crippen molar-refractivity contribution in [3.05, 3.63) is 29.3 Å². The summed E-state index contributed by atoms with van der Waals surface area (Å²) >= 11 is 0. The van der Waals surface area contributed by atoms with Gasteiger partial charge in [0.25, 0.3) is 0 Å². The van der Waals surface area contributed by atoms with E-state index in [-0.39, 0.29) is 5.60 Å². The lowest BCUT2D eigenvalue weighted by molar-refractivity contribution is -0.0629. The average Bonchev–Trinajstić information content (AvgIpc) is 2.46. The number of nitrogens with zero attached hydrogens (tertiary/aromatic N) is 1. The van der Waals surface area contributed by atoms with E-state index in [4.69, 9.17) is 10.5 Å². The quantitative estimate of drug-likeness (QED) is 0.625. The molecule has 1 aliphatic carbocycles. The highest BCUT2D eigenvalue weighted by Crippen LogP contribution is 2.35. The van der Waals surface area contributed by atoms with Crippen molar-refractivity contribution >= 4 is 11.6 Å². The third-order valence-electron chi connectivity index (χ3n) is 4.49. The number of aryl methyl sites for hydroxylation is 2. The van der Waals surface area contributed by atoms with Gasteiger partial charge in [-0.05, 0) is 43.2 Å². The molecule has 0 unspecified atom stereocenters. The molecule has 21 heavy (non-hydrogen) atoms. The number of hydrogen-bond acceptors (Lipinski definition) is 2. The molecule has 0 heterocycles. The maximum absolute atomic E-state index is 6.08. The molecule has 0 bridgehead atoms. The maximum Gasteiger partial charge on any atom is 0.193 e. The summed E-state index contributed by atoms with van der Waals surface area (Å²) in [6.45, 7) is 4.95. The Labute approximate surface area is 127 Å². The lowest BCUT2D eigenvalue weighted by Crippen LogP contribution is -2.43. The Bertz CT molecular complexity index is 479. The summed E-state index contributed by atoms with van der Waals surface area (Å²) in [5.41, 5.74) is 9.66. The second kappa shape index (κ2) is 6.94. The van der Waals surface area contributed by atoms with Crippen LogP contribution in [0.25, 0.3) is 0 Å². The number of para-hydroxylation sites is 1. The molecule has 4 nitrogen and oxygen atoms in total. The Morgan fingerprint density at radius 3 is 2.33 bits per heavy atom. The van der Waals surface area contributed by atoms with Crippen molar-refractivity contribution in [1.82, 2.24) is 0 Å². The highest BCUT2D eigenvalue weighted by molar-refractivity contribution is 5.93. The second-order valence-corrected chi connectivity index (χ2v) is 5.73. The number of ether oxygens (including phenoxy) is 1. The molecule has 2 rings (SSSR count). The molecule has 0 aromatic heterocycles. The van der Waals surface area contributed by atoms with Crippen LogP contribution < -0.4 is 11.1 Å². The number of hydrogen-bond donors (Lipinski definition) is 2. The fourth-order valence-corrected chi connectivity index (χ4v) is 2.80. The molecule has 3 N–H and O–H groups in total.